The van der Waals surface area contributed by atoms with Crippen molar-refractivity contribution in [1.82, 2.24) is 0 Å². The van der Waals surface area contributed by atoms with Gasteiger partial charge in [-0.3, -0.25) is 0 Å². The van der Waals surface area contributed by atoms with Gasteiger partial charge in [0.15, 0.2) is 30.0 Å². The van der Waals surface area contributed by atoms with Crippen molar-refractivity contribution < 1.29 is 32.1 Å². The van der Waals surface area contributed by atoms with Gasteiger partial charge in [0.1, 0.15) is 0 Å². The Morgan fingerprint density at radius 2 is 1.52 bits per heavy atom. The molecule has 2 fully saturated rings. The van der Waals surface area contributed by atoms with Gasteiger partial charge in [-0.15, -0.1) is 0 Å². The Hall–Kier alpha value is -1.15. The summed E-state index contributed by atoms with van der Waals surface area (Å²) in [6.45, 7) is 4.00. The Morgan fingerprint density at radius 3 is 2.08 bits per heavy atom. The van der Waals surface area contributed by atoms with Crippen LogP contribution in [0.5, 0.6) is 0 Å². The van der Waals surface area contributed by atoms with E-state index in [-0.39, 0.29) is 24.7 Å². The van der Waals surface area contributed by atoms with E-state index >= 15 is 0 Å². The molecule has 0 unspecified atom stereocenters. The van der Waals surface area contributed by atoms with E-state index in [9.17, 15) is 13.2 Å². The minimum absolute atomic E-state index is 0.111. The van der Waals surface area contributed by atoms with E-state index < -0.39 is 30.0 Å². The quantitative estimate of drug-likeness (QED) is 0.745. The Morgan fingerprint density at radius 1 is 0.920 bits per heavy atom. The molecule has 0 amide bonds. The third kappa shape index (κ3) is 4.53. The van der Waals surface area contributed by atoms with Gasteiger partial charge >= 0.3 is 0 Å². The van der Waals surface area contributed by atoms with Crippen LogP contribution in [0.2, 0.25) is 0 Å². The SMILES string of the molecule is CCCC[C@H]1CO[C@H]([C@H]2CO[C@H](c3cc(F)c(F)c(F)c3)OC2)OC1. The van der Waals surface area contributed by atoms with Crippen LogP contribution in [-0.2, 0) is 18.9 Å². The van der Waals surface area contributed by atoms with Crippen LogP contribution >= 0.6 is 0 Å². The van der Waals surface area contributed by atoms with Gasteiger partial charge in [-0.1, -0.05) is 19.8 Å². The van der Waals surface area contributed by atoms with Crippen molar-refractivity contribution in [3.05, 3.63) is 35.1 Å². The molecule has 140 valence electrons. The third-order valence-corrected chi connectivity index (χ3v) is 4.54. The maximum atomic E-state index is 13.3. The van der Waals surface area contributed by atoms with Crippen LogP contribution < -0.4 is 0 Å². The fourth-order valence-electron chi connectivity index (χ4n) is 3.07. The van der Waals surface area contributed by atoms with Gasteiger partial charge in [-0.2, -0.15) is 0 Å². The fourth-order valence-corrected chi connectivity index (χ4v) is 3.07. The van der Waals surface area contributed by atoms with Crippen LogP contribution in [0, 0.1) is 29.3 Å². The molecule has 0 spiro atoms. The minimum Gasteiger partial charge on any atom is -0.352 e. The Bertz CT molecular complexity index is 544. The highest BCUT2D eigenvalue weighted by Gasteiger charge is 2.34. The van der Waals surface area contributed by atoms with Gasteiger partial charge in [0.25, 0.3) is 0 Å². The van der Waals surface area contributed by atoms with E-state index in [1.165, 1.54) is 0 Å². The van der Waals surface area contributed by atoms with Gasteiger partial charge in [-0.05, 0) is 18.6 Å². The first-order chi connectivity index (χ1) is 12.1. The summed E-state index contributed by atoms with van der Waals surface area (Å²) < 4.78 is 62.3. The molecule has 1 aromatic carbocycles. The average Bonchev–Trinajstić information content (AvgIpc) is 2.64. The number of ether oxygens (including phenoxy) is 4. The Balaban J connectivity index is 1.49. The van der Waals surface area contributed by atoms with E-state index in [1.807, 2.05) is 0 Å². The highest BCUT2D eigenvalue weighted by atomic mass is 19.2. The smallest absolute Gasteiger partial charge is 0.194 e. The lowest BCUT2D eigenvalue weighted by Gasteiger charge is -2.37. The number of hydrogen-bond acceptors (Lipinski definition) is 4. The molecular formula is C18H23F3O4. The van der Waals surface area contributed by atoms with Gasteiger partial charge in [0.2, 0.25) is 0 Å². The predicted molar refractivity (Wildman–Crippen MR) is 83.2 cm³/mol. The molecule has 2 saturated heterocycles. The second-order valence-electron chi connectivity index (χ2n) is 6.60. The first-order valence-electron chi connectivity index (χ1n) is 8.69. The van der Waals surface area contributed by atoms with Crippen molar-refractivity contribution in [3.8, 4) is 0 Å². The van der Waals surface area contributed by atoms with Crippen molar-refractivity contribution >= 4 is 0 Å². The molecule has 25 heavy (non-hydrogen) atoms. The van der Waals surface area contributed by atoms with Crippen LogP contribution in [0.1, 0.15) is 38.0 Å². The molecular weight excluding hydrogens is 337 g/mol. The lowest BCUT2D eigenvalue weighted by atomic mass is 10.0. The summed E-state index contributed by atoms with van der Waals surface area (Å²) in [5.41, 5.74) is 0.111. The Kier molecular flexibility index (Phi) is 6.33. The third-order valence-electron chi connectivity index (χ3n) is 4.54. The highest BCUT2D eigenvalue weighted by Crippen LogP contribution is 2.30. The maximum absolute atomic E-state index is 13.3. The first kappa shape index (κ1) is 18.6. The van der Waals surface area contributed by atoms with Crippen molar-refractivity contribution in [2.45, 2.75) is 38.8 Å². The average molecular weight is 360 g/mol. The number of halogens is 3. The van der Waals surface area contributed by atoms with Crippen molar-refractivity contribution in [3.63, 3.8) is 0 Å². The summed E-state index contributed by atoms with van der Waals surface area (Å²) in [4.78, 5) is 0. The van der Waals surface area contributed by atoms with Gasteiger partial charge in [-0.25, -0.2) is 13.2 Å². The molecule has 1 aromatic rings. The fraction of sp³-hybridized carbons (Fsp3) is 0.667. The van der Waals surface area contributed by atoms with Crippen LogP contribution in [0.4, 0.5) is 13.2 Å². The minimum atomic E-state index is -1.50. The largest absolute Gasteiger partial charge is 0.352 e. The lowest BCUT2D eigenvalue weighted by Crippen LogP contribution is -2.43. The molecule has 2 aliphatic heterocycles. The summed E-state index contributed by atoms with van der Waals surface area (Å²) in [7, 11) is 0. The Labute approximate surface area is 145 Å². The van der Waals surface area contributed by atoms with Crippen molar-refractivity contribution in [2.75, 3.05) is 26.4 Å². The molecule has 3 rings (SSSR count). The van der Waals surface area contributed by atoms with Gasteiger partial charge in [0.05, 0.1) is 32.3 Å². The van der Waals surface area contributed by atoms with Crippen LogP contribution in [0.25, 0.3) is 0 Å². The van der Waals surface area contributed by atoms with Gasteiger partial charge < -0.3 is 18.9 Å². The zero-order valence-electron chi connectivity index (χ0n) is 14.2. The molecule has 0 aromatic heterocycles. The molecule has 0 aliphatic carbocycles. The molecule has 4 nitrogen and oxygen atoms in total. The van der Waals surface area contributed by atoms with Crippen molar-refractivity contribution in [2.24, 2.45) is 11.8 Å². The van der Waals surface area contributed by atoms with E-state index in [4.69, 9.17) is 18.9 Å². The number of benzene rings is 1. The zero-order chi connectivity index (χ0) is 17.8. The molecule has 0 atom stereocenters. The molecule has 7 heteroatoms. The highest BCUT2D eigenvalue weighted by molar-refractivity contribution is 5.20. The lowest BCUT2D eigenvalue weighted by molar-refractivity contribution is -0.283. The van der Waals surface area contributed by atoms with Crippen LogP contribution in [0.3, 0.4) is 0 Å². The van der Waals surface area contributed by atoms with Crippen molar-refractivity contribution in [1.29, 1.82) is 0 Å². The number of unbranched alkanes of at least 4 members (excludes halogenated alkanes) is 1. The summed E-state index contributed by atoms with van der Waals surface area (Å²) in [6.07, 6.45) is 2.06. The second kappa shape index (κ2) is 8.49. The molecule has 0 radical (unpaired) electrons. The van der Waals surface area contributed by atoms with E-state index in [0.717, 1.165) is 31.4 Å². The first-order valence-corrected chi connectivity index (χ1v) is 8.69. The predicted octanol–water partition coefficient (Wildman–Crippen LogP) is 3.94. The summed E-state index contributed by atoms with van der Waals surface area (Å²) in [5.74, 6) is -3.72. The normalized spacial score (nSPS) is 30.4. The zero-order valence-corrected chi connectivity index (χ0v) is 14.2. The number of hydrogen-bond donors (Lipinski definition) is 0. The summed E-state index contributed by atoms with van der Waals surface area (Å²) in [6, 6.07) is 1.77. The summed E-state index contributed by atoms with van der Waals surface area (Å²) in [5, 5.41) is 0. The maximum Gasteiger partial charge on any atom is 0.194 e. The standard InChI is InChI=1S/C18H23F3O4/c1-2-3-4-11-7-22-18(23-8-11)13-9-24-17(25-10-13)12-5-14(19)16(21)15(20)6-12/h5-6,11,13,17-18H,2-4,7-10H2,1H3/t11-,13-,17-,18-. The second-order valence-corrected chi connectivity index (χ2v) is 6.60. The van der Waals surface area contributed by atoms with E-state index in [1.54, 1.807) is 0 Å². The monoisotopic (exact) mass is 360 g/mol. The van der Waals surface area contributed by atoms with Crippen LogP contribution in [-0.4, -0.2) is 32.7 Å². The summed E-state index contributed by atoms with van der Waals surface area (Å²) >= 11 is 0. The van der Waals surface area contributed by atoms with E-state index in [0.29, 0.717) is 19.1 Å². The molecule has 0 saturated carbocycles. The van der Waals surface area contributed by atoms with Crippen LogP contribution in [0.15, 0.2) is 12.1 Å². The molecule has 0 bridgehead atoms. The molecule has 0 N–H and O–H groups in total. The molecule has 2 aliphatic rings. The van der Waals surface area contributed by atoms with E-state index in [2.05, 4.69) is 6.92 Å². The molecule has 2 heterocycles. The topological polar surface area (TPSA) is 36.9 Å². The van der Waals surface area contributed by atoms with Gasteiger partial charge in [0, 0.05) is 11.5 Å². The number of rotatable bonds is 5.